The average Bonchev–Trinajstić information content (AvgIpc) is 3.23. The van der Waals surface area contributed by atoms with Gasteiger partial charge in [-0.25, -0.2) is 4.98 Å². The van der Waals surface area contributed by atoms with Crippen molar-refractivity contribution >= 4 is 33.8 Å². The minimum absolute atomic E-state index is 0.254. The first-order chi connectivity index (χ1) is 10.7. The topological polar surface area (TPSA) is 51.2 Å². The molecular weight excluding hydrogens is 320 g/mol. The van der Waals surface area contributed by atoms with E-state index in [4.69, 9.17) is 16.3 Å². The summed E-state index contributed by atoms with van der Waals surface area (Å²) in [6.07, 6.45) is 3.16. The molecule has 6 heteroatoms. The Morgan fingerprint density at radius 3 is 3.05 bits per heavy atom. The zero-order valence-electron chi connectivity index (χ0n) is 12.3. The van der Waals surface area contributed by atoms with E-state index < -0.39 is 0 Å². The molecule has 0 bridgehead atoms. The largest absolute Gasteiger partial charge is 0.492 e. The fraction of sp³-hybridized carbons (Fsp3) is 0.375. The third kappa shape index (κ3) is 3.42. The van der Waals surface area contributed by atoms with Crippen molar-refractivity contribution in [1.29, 1.82) is 0 Å². The Bertz CT molecular complexity index is 683. The smallest absolute Gasteiger partial charge is 0.261 e. The van der Waals surface area contributed by atoms with Crippen LogP contribution in [0.3, 0.4) is 0 Å². The van der Waals surface area contributed by atoms with Gasteiger partial charge in [0.25, 0.3) is 5.91 Å². The number of ether oxygens (including phenoxy) is 1. The number of aromatic nitrogens is 1. The Morgan fingerprint density at radius 2 is 2.32 bits per heavy atom. The summed E-state index contributed by atoms with van der Waals surface area (Å²) in [5.74, 6) is 0.901. The Kier molecular flexibility index (Phi) is 4.64. The number of nitrogens with one attached hydrogen (secondary N) is 1. The van der Waals surface area contributed by atoms with E-state index in [0.29, 0.717) is 28.9 Å². The van der Waals surface area contributed by atoms with Crippen molar-refractivity contribution in [3.8, 4) is 5.75 Å². The van der Waals surface area contributed by atoms with Gasteiger partial charge in [0, 0.05) is 0 Å². The summed E-state index contributed by atoms with van der Waals surface area (Å²) in [6, 6.07) is 5.29. The van der Waals surface area contributed by atoms with E-state index in [1.54, 1.807) is 23.7 Å². The van der Waals surface area contributed by atoms with Crippen LogP contribution in [0.25, 0.3) is 0 Å². The maximum absolute atomic E-state index is 12.6. The van der Waals surface area contributed by atoms with Crippen molar-refractivity contribution in [2.24, 2.45) is 5.92 Å². The quantitative estimate of drug-likeness (QED) is 0.850. The first-order valence-electron chi connectivity index (χ1n) is 7.34. The number of carbonyl (C=O) groups excluding carboxylic acids is 1. The molecule has 3 rings (SSSR count). The molecule has 1 heterocycles. The fourth-order valence-electron chi connectivity index (χ4n) is 2.13. The Labute approximate surface area is 138 Å². The first-order valence-corrected chi connectivity index (χ1v) is 8.59. The predicted molar refractivity (Wildman–Crippen MR) is 89.1 cm³/mol. The van der Waals surface area contributed by atoms with Gasteiger partial charge < -0.3 is 10.1 Å². The van der Waals surface area contributed by atoms with Crippen LogP contribution < -0.4 is 10.1 Å². The molecule has 0 aliphatic heterocycles. The number of amides is 1. The van der Waals surface area contributed by atoms with Crippen LogP contribution >= 0.6 is 22.9 Å². The number of thiazole rings is 1. The Balaban J connectivity index is 1.81. The van der Waals surface area contributed by atoms with Crippen molar-refractivity contribution in [2.45, 2.75) is 26.2 Å². The number of rotatable bonds is 6. The number of nitrogens with zero attached hydrogens (tertiary/aromatic N) is 1. The lowest BCUT2D eigenvalue weighted by molar-refractivity contribution is 0.102. The van der Waals surface area contributed by atoms with E-state index in [0.717, 1.165) is 17.1 Å². The molecule has 2 aromatic rings. The maximum Gasteiger partial charge on any atom is 0.261 e. The first kappa shape index (κ1) is 15.3. The van der Waals surface area contributed by atoms with Crippen molar-refractivity contribution in [2.75, 3.05) is 11.9 Å². The van der Waals surface area contributed by atoms with E-state index in [2.05, 4.69) is 10.3 Å². The van der Waals surface area contributed by atoms with Crippen LogP contribution in [0.4, 0.5) is 5.00 Å². The van der Waals surface area contributed by atoms with Gasteiger partial charge in [0.05, 0.1) is 22.8 Å². The highest BCUT2D eigenvalue weighted by Gasteiger charge is 2.24. The van der Waals surface area contributed by atoms with Crippen LogP contribution in [-0.4, -0.2) is 17.5 Å². The number of halogens is 1. The average molecular weight is 337 g/mol. The molecular formula is C16H17ClN2O2S. The van der Waals surface area contributed by atoms with Crippen molar-refractivity contribution < 1.29 is 9.53 Å². The van der Waals surface area contributed by atoms with E-state index in [1.807, 2.05) is 6.92 Å². The van der Waals surface area contributed by atoms with Crippen LogP contribution in [0, 0.1) is 5.92 Å². The standard InChI is InChI=1S/C16H17ClN2O2S/c1-2-12-16(22-9-18-12)19-15(20)14-11(17)4-3-5-13(14)21-8-10-6-7-10/h3-5,9-10H,2,6-8H2,1H3,(H,19,20). The van der Waals surface area contributed by atoms with Gasteiger partial charge in [-0.2, -0.15) is 0 Å². The summed E-state index contributed by atoms with van der Waals surface area (Å²) in [4.78, 5) is 16.8. The number of benzene rings is 1. The highest BCUT2D eigenvalue weighted by molar-refractivity contribution is 7.14. The summed E-state index contributed by atoms with van der Waals surface area (Å²) in [5.41, 5.74) is 3.00. The number of hydrogen-bond donors (Lipinski definition) is 1. The molecule has 22 heavy (non-hydrogen) atoms. The van der Waals surface area contributed by atoms with Crippen molar-refractivity contribution in [3.63, 3.8) is 0 Å². The summed E-state index contributed by atoms with van der Waals surface area (Å²) < 4.78 is 5.78. The van der Waals surface area contributed by atoms with Crippen molar-refractivity contribution in [3.05, 3.63) is 40.0 Å². The van der Waals surface area contributed by atoms with Gasteiger partial charge in [0.1, 0.15) is 16.3 Å². The van der Waals surface area contributed by atoms with E-state index in [1.165, 1.54) is 24.2 Å². The summed E-state index contributed by atoms with van der Waals surface area (Å²) >= 11 is 7.63. The minimum atomic E-state index is -0.254. The SMILES string of the molecule is CCc1ncsc1NC(=O)c1c(Cl)cccc1OCC1CC1. The molecule has 1 aromatic heterocycles. The van der Waals surface area contributed by atoms with Gasteiger partial charge in [-0.3, -0.25) is 4.79 Å². The molecule has 116 valence electrons. The zero-order chi connectivity index (χ0) is 15.5. The number of anilines is 1. The van der Waals surface area contributed by atoms with E-state index in [-0.39, 0.29) is 5.91 Å². The maximum atomic E-state index is 12.6. The van der Waals surface area contributed by atoms with Gasteiger partial charge >= 0.3 is 0 Å². The monoisotopic (exact) mass is 336 g/mol. The minimum Gasteiger partial charge on any atom is -0.492 e. The molecule has 0 spiro atoms. The lowest BCUT2D eigenvalue weighted by Crippen LogP contribution is -2.15. The van der Waals surface area contributed by atoms with E-state index in [9.17, 15) is 4.79 Å². The molecule has 1 saturated carbocycles. The number of aryl methyl sites for hydroxylation is 1. The summed E-state index contributed by atoms with van der Waals surface area (Å²) in [7, 11) is 0. The van der Waals surface area contributed by atoms with Crippen LogP contribution in [-0.2, 0) is 6.42 Å². The summed E-state index contributed by atoms with van der Waals surface area (Å²) in [6.45, 7) is 2.64. The molecule has 4 nitrogen and oxygen atoms in total. The molecule has 1 amide bonds. The van der Waals surface area contributed by atoms with Crippen LogP contribution in [0.1, 0.15) is 35.8 Å². The normalized spacial score (nSPS) is 13.9. The fourth-order valence-corrected chi connectivity index (χ4v) is 3.15. The molecule has 0 atom stereocenters. The highest BCUT2D eigenvalue weighted by atomic mass is 35.5. The molecule has 0 unspecified atom stereocenters. The molecule has 1 N–H and O–H groups in total. The third-order valence-electron chi connectivity index (χ3n) is 3.58. The zero-order valence-corrected chi connectivity index (χ0v) is 13.8. The van der Waals surface area contributed by atoms with Gasteiger partial charge in [-0.1, -0.05) is 24.6 Å². The van der Waals surface area contributed by atoms with Crippen LogP contribution in [0.15, 0.2) is 23.7 Å². The molecule has 1 aromatic carbocycles. The van der Waals surface area contributed by atoms with Gasteiger partial charge in [-0.05, 0) is 37.3 Å². The molecule has 1 aliphatic carbocycles. The second kappa shape index (κ2) is 6.67. The number of hydrogen-bond acceptors (Lipinski definition) is 4. The second-order valence-electron chi connectivity index (χ2n) is 5.30. The predicted octanol–water partition coefficient (Wildman–Crippen LogP) is 4.40. The van der Waals surface area contributed by atoms with Gasteiger partial charge in [0.15, 0.2) is 0 Å². The molecule has 0 saturated heterocycles. The lowest BCUT2D eigenvalue weighted by atomic mass is 10.2. The Morgan fingerprint density at radius 1 is 1.50 bits per heavy atom. The third-order valence-corrected chi connectivity index (χ3v) is 4.68. The number of carbonyl (C=O) groups is 1. The van der Waals surface area contributed by atoms with E-state index >= 15 is 0 Å². The molecule has 1 aliphatic rings. The molecule has 1 fully saturated rings. The highest BCUT2D eigenvalue weighted by Crippen LogP contribution is 2.33. The van der Waals surface area contributed by atoms with Crippen LogP contribution in [0.5, 0.6) is 5.75 Å². The second-order valence-corrected chi connectivity index (χ2v) is 6.57. The van der Waals surface area contributed by atoms with Gasteiger partial charge in [-0.15, -0.1) is 11.3 Å². The lowest BCUT2D eigenvalue weighted by Gasteiger charge is -2.12. The van der Waals surface area contributed by atoms with Crippen LogP contribution in [0.2, 0.25) is 5.02 Å². The molecule has 0 radical (unpaired) electrons. The summed E-state index contributed by atoms with van der Waals surface area (Å²) in [5, 5.41) is 4.06. The van der Waals surface area contributed by atoms with Crippen molar-refractivity contribution in [1.82, 2.24) is 4.98 Å². The van der Waals surface area contributed by atoms with Gasteiger partial charge in [0.2, 0.25) is 0 Å². The Hall–Kier alpha value is -1.59.